The minimum atomic E-state index is -0.962. The number of hydrazine groups is 1. The van der Waals surface area contributed by atoms with E-state index < -0.39 is 5.60 Å². The summed E-state index contributed by atoms with van der Waals surface area (Å²) in [6.45, 7) is 3.46. The maximum atomic E-state index is 12.1. The van der Waals surface area contributed by atoms with Crippen LogP contribution in [0.2, 0.25) is 5.15 Å². The van der Waals surface area contributed by atoms with E-state index in [1.807, 2.05) is 0 Å². The molecule has 0 saturated heterocycles. The van der Waals surface area contributed by atoms with Gasteiger partial charge in [0.2, 0.25) is 0 Å². The van der Waals surface area contributed by atoms with E-state index in [-0.39, 0.29) is 17.6 Å². The maximum Gasteiger partial charge on any atom is 0.253 e. The molecule has 1 aromatic heterocycles. The number of rotatable bonds is 4. The lowest BCUT2D eigenvalue weighted by atomic mass is 10.1. The van der Waals surface area contributed by atoms with Gasteiger partial charge in [-0.2, -0.15) is 0 Å². The van der Waals surface area contributed by atoms with Crippen LogP contribution in [0.25, 0.3) is 0 Å². The molecule has 0 spiro atoms. The highest BCUT2D eigenvalue weighted by molar-refractivity contribution is 6.29. The number of hydrogen-bond acceptors (Lipinski definition) is 5. The lowest BCUT2D eigenvalue weighted by Gasteiger charge is -2.25. The lowest BCUT2D eigenvalue weighted by Crippen LogP contribution is -2.39. The van der Waals surface area contributed by atoms with E-state index in [9.17, 15) is 9.90 Å². The van der Waals surface area contributed by atoms with Gasteiger partial charge in [-0.3, -0.25) is 4.79 Å². The van der Waals surface area contributed by atoms with Gasteiger partial charge in [-0.05, 0) is 26.0 Å². The van der Waals surface area contributed by atoms with Crippen LogP contribution in [-0.4, -0.2) is 40.1 Å². The van der Waals surface area contributed by atoms with Crippen LogP contribution in [0, 0.1) is 0 Å². The predicted octanol–water partition coefficient (Wildman–Crippen LogP) is 0.863. The van der Waals surface area contributed by atoms with E-state index in [1.54, 1.807) is 20.9 Å². The molecule has 0 radical (unpaired) electrons. The highest BCUT2D eigenvalue weighted by Gasteiger charge is 2.21. The number of nitrogens with one attached hydrogen (secondary N) is 1. The van der Waals surface area contributed by atoms with Crippen molar-refractivity contribution in [1.82, 2.24) is 9.88 Å². The first-order valence-corrected chi connectivity index (χ1v) is 5.73. The molecule has 1 amide bonds. The molecule has 100 valence electrons. The van der Waals surface area contributed by atoms with Crippen molar-refractivity contribution in [2.45, 2.75) is 19.4 Å². The van der Waals surface area contributed by atoms with Gasteiger partial charge in [0.25, 0.3) is 5.91 Å². The fourth-order valence-electron chi connectivity index (χ4n) is 1.57. The third kappa shape index (κ3) is 4.14. The zero-order valence-corrected chi connectivity index (χ0v) is 11.3. The van der Waals surface area contributed by atoms with Crippen LogP contribution < -0.4 is 11.3 Å². The molecule has 18 heavy (non-hydrogen) atoms. The van der Waals surface area contributed by atoms with Crippen molar-refractivity contribution >= 4 is 23.3 Å². The number of pyridine rings is 1. The maximum absolute atomic E-state index is 12.1. The Bertz CT molecular complexity index is 445. The Kier molecular flexibility index (Phi) is 4.50. The average Bonchev–Trinajstić information content (AvgIpc) is 2.24. The van der Waals surface area contributed by atoms with Gasteiger partial charge in [-0.1, -0.05) is 11.6 Å². The number of aromatic nitrogens is 1. The standard InChI is InChI=1S/C11H17ClN4O2/c1-11(2,18)6-16(3)10(17)7-4-8(12)14-9(5-7)15-13/h4-5,18H,6,13H2,1-3H3,(H,14,15). The fraction of sp³-hybridized carbons (Fsp3) is 0.455. The molecule has 0 fully saturated rings. The third-order valence-corrected chi connectivity index (χ3v) is 2.35. The lowest BCUT2D eigenvalue weighted by molar-refractivity contribution is 0.0368. The van der Waals surface area contributed by atoms with Crippen LogP contribution >= 0.6 is 11.6 Å². The average molecular weight is 273 g/mol. The molecule has 0 aliphatic heterocycles. The molecule has 7 heteroatoms. The Labute approximate surface area is 111 Å². The fourth-order valence-corrected chi connectivity index (χ4v) is 1.78. The molecule has 0 saturated carbocycles. The summed E-state index contributed by atoms with van der Waals surface area (Å²) in [6, 6.07) is 2.95. The predicted molar refractivity (Wildman–Crippen MR) is 70.3 cm³/mol. The van der Waals surface area contributed by atoms with Crippen LogP contribution in [0.15, 0.2) is 12.1 Å². The first-order valence-electron chi connectivity index (χ1n) is 5.35. The van der Waals surface area contributed by atoms with Crippen LogP contribution in [0.3, 0.4) is 0 Å². The summed E-state index contributed by atoms with van der Waals surface area (Å²) in [4.78, 5) is 17.4. The number of hydrogen-bond donors (Lipinski definition) is 3. The molecule has 4 N–H and O–H groups in total. The first-order chi connectivity index (χ1) is 8.23. The minimum absolute atomic E-state index is 0.172. The minimum Gasteiger partial charge on any atom is -0.389 e. The van der Waals surface area contributed by atoms with Crippen LogP contribution in [0.4, 0.5) is 5.82 Å². The van der Waals surface area contributed by atoms with Crippen LogP contribution in [0.1, 0.15) is 24.2 Å². The molecular weight excluding hydrogens is 256 g/mol. The summed E-state index contributed by atoms with van der Waals surface area (Å²) in [7, 11) is 1.60. The molecule has 1 heterocycles. The molecule has 1 aromatic rings. The van der Waals surface area contributed by atoms with E-state index in [4.69, 9.17) is 17.4 Å². The number of carbonyl (C=O) groups excluding carboxylic acids is 1. The van der Waals surface area contributed by atoms with E-state index >= 15 is 0 Å². The number of aliphatic hydroxyl groups is 1. The summed E-state index contributed by atoms with van der Waals surface area (Å²) >= 11 is 5.78. The van der Waals surface area contributed by atoms with E-state index in [0.29, 0.717) is 11.4 Å². The quantitative estimate of drug-likeness (QED) is 0.430. The summed E-state index contributed by atoms with van der Waals surface area (Å²) in [6.07, 6.45) is 0. The number of amides is 1. The molecule has 1 rings (SSSR count). The molecule has 6 nitrogen and oxygen atoms in total. The second-order valence-electron chi connectivity index (χ2n) is 4.68. The van der Waals surface area contributed by atoms with Gasteiger partial charge in [0.05, 0.1) is 5.60 Å². The number of nitrogens with two attached hydrogens (primary N) is 1. The van der Waals surface area contributed by atoms with E-state index in [0.717, 1.165) is 0 Å². The number of likely N-dealkylation sites (N-methyl/N-ethyl adjacent to an activating group) is 1. The van der Waals surface area contributed by atoms with Crippen molar-refractivity contribution in [3.63, 3.8) is 0 Å². The summed E-state index contributed by atoms with van der Waals surface area (Å²) in [5, 5.41) is 9.85. The molecular formula is C11H17ClN4O2. The van der Waals surface area contributed by atoms with Crippen molar-refractivity contribution in [1.29, 1.82) is 0 Å². The van der Waals surface area contributed by atoms with Crippen molar-refractivity contribution in [3.05, 3.63) is 22.8 Å². The topological polar surface area (TPSA) is 91.5 Å². The summed E-state index contributed by atoms with van der Waals surface area (Å²) < 4.78 is 0. The Morgan fingerprint density at radius 1 is 1.61 bits per heavy atom. The molecule has 0 bridgehead atoms. The van der Waals surface area contributed by atoms with E-state index in [1.165, 1.54) is 17.0 Å². The molecule has 0 unspecified atom stereocenters. The van der Waals surface area contributed by atoms with Crippen molar-refractivity contribution in [3.8, 4) is 0 Å². The summed E-state index contributed by atoms with van der Waals surface area (Å²) in [5.74, 6) is 5.27. The molecule has 0 aliphatic carbocycles. The van der Waals surface area contributed by atoms with Crippen LogP contribution in [-0.2, 0) is 0 Å². The SMILES string of the molecule is CN(CC(C)(C)O)C(=O)c1cc(Cl)nc(NN)c1. The van der Waals surface area contributed by atoms with Gasteiger partial charge in [-0.15, -0.1) is 0 Å². The zero-order valence-electron chi connectivity index (χ0n) is 10.6. The van der Waals surface area contributed by atoms with E-state index in [2.05, 4.69) is 10.4 Å². The third-order valence-electron chi connectivity index (χ3n) is 2.16. The van der Waals surface area contributed by atoms with Gasteiger partial charge < -0.3 is 15.4 Å². The Morgan fingerprint density at radius 3 is 2.72 bits per heavy atom. The van der Waals surface area contributed by atoms with Crippen LogP contribution in [0.5, 0.6) is 0 Å². The smallest absolute Gasteiger partial charge is 0.253 e. The highest BCUT2D eigenvalue weighted by Crippen LogP contribution is 2.16. The first kappa shape index (κ1) is 14.7. The van der Waals surface area contributed by atoms with Gasteiger partial charge in [0, 0.05) is 19.2 Å². The summed E-state index contributed by atoms with van der Waals surface area (Å²) in [5.41, 5.74) is 1.73. The normalized spacial score (nSPS) is 11.2. The number of halogens is 1. The second kappa shape index (κ2) is 5.51. The van der Waals surface area contributed by atoms with Gasteiger partial charge in [-0.25, -0.2) is 10.8 Å². The Morgan fingerprint density at radius 2 is 2.22 bits per heavy atom. The number of nitrogen functional groups attached to an aromatic ring is 1. The largest absolute Gasteiger partial charge is 0.389 e. The second-order valence-corrected chi connectivity index (χ2v) is 5.07. The van der Waals surface area contributed by atoms with Crippen molar-refractivity contribution in [2.75, 3.05) is 19.0 Å². The van der Waals surface area contributed by atoms with Gasteiger partial charge >= 0.3 is 0 Å². The van der Waals surface area contributed by atoms with Crippen molar-refractivity contribution < 1.29 is 9.90 Å². The number of carbonyl (C=O) groups is 1. The number of nitrogens with zero attached hydrogens (tertiary/aromatic N) is 2. The van der Waals surface area contributed by atoms with Crippen molar-refractivity contribution in [2.24, 2.45) is 5.84 Å². The molecule has 0 aromatic carbocycles. The van der Waals surface area contributed by atoms with Gasteiger partial charge in [0.15, 0.2) is 0 Å². The number of anilines is 1. The highest BCUT2D eigenvalue weighted by atomic mass is 35.5. The van der Waals surface area contributed by atoms with Gasteiger partial charge in [0.1, 0.15) is 11.0 Å². The Hall–Kier alpha value is -1.37. The monoisotopic (exact) mass is 272 g/mol. The Balaban J connectivity index is 2.93. The molecule has 0 aliphatic rings. The zero-order chi connectivity index (χ0) is 13.9. The molecule has 0 atom stereocenters.